The van der Waals surface area contributed by atoms with Gasteiger partial charge in [-0.15, -0.1) is 0 Å². The van der Waals surface area contributed by atoms with Gasteiger partial charge in [0.05, 0.1) is 6.61 Å². The molecule has 1 radical (unpaired) electrons. The standard InChI is InChI=1S/C16H15ClN5O6PS.Na/c17-7-1-3-8(4-2-7)30-16-21-10-13(18)19-6-20-14(10)22(16)15-11(23)12-9(27-15)5-26-29(24,25)28-12;/h1-4,6,9,11-12,15,23H,5H2,(H,24,25)(H2,18,19,20);/t9-,11-,12-,15?;/m1./s1. The van der Waals surface area contributed by atoms with E-state index < -0.39 is 32.4 Å². The molecule has 2 aliphatic rings. The SMILES string of the molecule is Nc1ncnc2c1nc(Sc1ccc(Cl)cc1)n2C1O[C@@H]2COP(=O)(O)O[C@H]2[C@H]1O.[Na]. The molecular weight excluding hydrogens is 480 g/mol. The van der Waals surface area contributed by atoms with E-state index in [9.17, 15) is 14.6 Å². The molecule has 5 rings (SSSR count). The zero-order valence-electron chi connectivity index (χ0n) is 16.0. The van der Waals surface area contributed by atoms with E-state index >= 15 is 0 Å². The van der Waals surface area contributed by atoms with E-state index in [0.29, 0.717) is 21.3 Å². The molecule has 4 heterocycles. The van der Waals surface area contributed by atoms with E-state index in [1.54, 1.807) is 16.7 Å². The Bertz CT molecular complexity index is 1170. The predicted octanol–water partition coefficient (Wildman–Crippen LogP) is 1.61. The van der Waals surface area contributed by atoms with Crippen LogP contribution in [0.1, 0.15) is 6.23 Å². The van der Waals surface area contributed by atoms with Gasteiger partial charge in [0.25, 0.3) is 0 Å². The molecule has 15 heteroatoms. The number of nitrogens with zero attached hydrogens (tertiary/aromatic N) is 4. The van der Waals surface area contributed by atoms with E-state index in [1.165, 1.54) is 18.1 Å². The first-order valence-electron chi connectivity index (χ1n) is 8.73. The zero-order chi connectivity index (χ0) is 21.0. The fourth-order valence-electron chi connectivity index (χ4n) is 3.36. The third-order valence-corrected chi connectivity index (χ3v) is 6.93. The Morgan fingerprint density at radius 2 is 2.03 bits per heavy atom. The van der Waals surface area contributed by atoms with Crippen molar-refractivity contribution in [2.75, 3.05) is 12.3 Å². The van der Waals surface area contributed by atoms with Crippen LogP contribution in [-0.2, 0) is 18.3 Å². The Kier molecular flexibility index (Phi) is 6.70. The van der Waals surface area contributed by atoms with E-state index in [1.807, 2.05) is 12.1 Å². The minimum absolute atomic E-state index is 0. The summed E-state index contributed by atoms with van der Waals surface area (Å²) in [6.07, 6.45) is -2.80. The van der Waals surface area contributed by atoms with Gasteiger partial charge in [-0.2, -0.15) is 0 Å². The van der Waals surface area contributed by atoms with Crippen LogP contribution in [0.15, 0.2) is 40.6 Å². The number of aliphatic hydroxyl groups is 1. The maximum Gasteiger partial charge on any atom is 0.472 e. The molecule has 11 nitrogen and oxygen atoms in total. The van der Waals surface area contributed by atoms with Crippen molar-refractivity contribution >= 4 is 77.7 Å². The van der Waals surface area contributed by atoms with Gasteiger partial charge in [-0.05, 0) is 24.3 Å². The second-order valence-corrected chi connectivity index (χ2v) is 9.52. The minimum atomic E-state index is -4.25. The van der Waals surface area contributed by atoms with Gasteiger partial charge in [0.15, 0.2) is 28.4 Å². The minimum Gasteiger partial charge on any atom is -0.386 e. The average molecular weight is 495 g/mol. The van der Waals surface area contributed by atoms with Crippen molar-refractivity contribution in [3.05, 3.63) is 35.6 Å². The summed E-state index contributed by atoms with van der Waals surface area (Å²) in [7, 11) is -4.25. The van der Waals surface area contributed by atoms with E-state index in [-0.39, 0.29) is 42.0 Å². The van der Waals surface area contributed by atoms with Gasteiger partial charge in [0.1, 0.15) is 24.6 Å². The molecule has 3 aromatic rings. The number of aromatic nitrogens is 4. The number of benzene rings is 1. The Balaban J connectivity index is 0.00000231. The number of rotatable bonds is 3. The van der Waals surface area contributed by atoms with Crippen LogP contribution >= 0.6 is 31.2 Å². The fraction of sp³-hybridized carbons (Fsp3) is 0.312. The van der Waals surface area contributed by atoms with E-state index in [0.717, 1.165) is 4.90 Å². The number of imidazole rings is 1. The first-order chi connectivity index (χ1) is 14.3. The van der Waals surface area contributed by atoms with Crippen LogP contribution in [0.4, 0.5) is 5.82 Å². The zero-order valence-corrected chi connectivity index (χ0v) is 20.5. The number of nitrogen functional groups attached to an aromatic ring is 1. The molecule has 2 fully saturated rings. The van der Waals surface area contributed by atoms with Gasteiger partial charge >= 0.3 is 7.82 Å². The number of anilines is 1. The Labute approximate surface area is 207 Å². The summed E-state index contributed by atoms with van der Waals surface area (Å²) >= 11 is 7.24. The topological polar surface area (TPSA) is 155 Å². The Morgan fingerprint density at radius 3 is 2.77 bits per heavy atom. The fourth-order valence-corrected chi connectivity index (χ4v) is 5.36. The summed E-state index contributed by atoms with van der Waals surface area (Å²) in [6.45, 7) is -0.199. The molecule has 0 bridgehead atoms. The summed E-state index contributed by atoms with van der Waals surface area (Å²) in [5, 5.41) is 11.9. The van der Waals surface area contributed by atoms with Gasteiger partial charge in [-0.1, -0.05) is 23.4 Å². The molecule has 0 aliphatic carbocycles. The number of hydrogen-bond acceptors (Lipinski definition) is 10. The number of phosphoric acid groups is 1. The number of nitrogens with two attached hydrogens (primary N) is 1. The summed E-state index contributed by atoms with van der Waals surface area (Å²) in [5.41, 5.74) is 6.65. The van der Waals surface area contributed by atoms with Crippen LogP contribution in [-0.4, -0.2) is 84.0 Å². The molecule has 0 spiro atoms. The summed E-state index contributed by atoms with van der Waals surface area (Å²) in [4.78, 5) is 23.2. The Hall–Kier alpha value is -0.760. The largest absolute Gasteiger partial charge is 0.472 e. The third kappa shape index (κ3) is 4.40. The summed E-state index contributed by atoms with van der Waals surface area (Å²) in [6, 6.07) is 7.11. The molecule has 5 atom stereocenters. The summed E-state index contributed by atoms with van der Waals surface area (Å²) in [5.74, 6) is 0.168. The number of aliphatic hydroxyl groups excluding tert-OH is 1. The first-order valence-corrected chi connectivity index (χ1v) is 11.4. The molecule has 2 unspecified atom stereocenters. The van der Waals surface area contributed by atoms with Crippen LogP contribution in [0.25, 0.3) is 11.2 Å². The average Bonchev–Trinajstić information content (AvgIpc) is 3.21. The molecule has 0 amide bonds. The van der Waals surface area contributed by atoms with Gasteiger partial charge in [-0.25, -0.2) is 19.5 Å². The van der Waals surface area contributed by atoms with Crippen molar-refractivity contribution in [1.29, 1.82) is 0 Å². The van der Waals surface area contributed by atoms with Crippen LogP contribution in [0, 0.1) is 0 Å². The van der Waals surface area contributed by atoms with Gasteiger partial charge in [0.2, 0.25) is 0 Å². The van der Waals surface area contributed by atoms with Crippen LogP contribution in [0.3, 0.4) is 0 Å². The molecule has 2 aliphatic heterocycles. The number of hydrogen-bond donors (Lipinski definition) is 3. The smallest absolute Gasteiger partial charge is 0.386 e. The second kappa shape index (κ2) is 8.88. The number of fused-ring (bicyclic) bond motifs is 2. The maximum atomic E-state index is 11.8. The van der Waals surface area contributed by atoms with E-state index in [2.05, 4.69) is 15.0 Å². The second-order valence-electron chi connectivity index (χ2n) is 6.64. The summed E-state index contributed by atoms with van der Waals surface area (Å²) < 4.78 is 29.1. The van der Waals surface area contributed by atoms with Crippen LogP contribution in [0.5, 0.6) is 0 Å². The van der Waals surface area contributed by atoms with Gasteiger partial charge < -0.3 is 20.5 Å². The molecule has 4 N–H and O–H groups in total. The molecular formula is C16H15ClN5NaO6PS. The molecule has 31 heavy (non-hydrogen) atoms. The first kappa shape index (κ1) is 23.4. The van der Waals surface area contributed by atoms with Crippen molar-refractivity contribution in [3.63, 3.8) is 0 Å². The number of phosphoric ester groups is 1. The van der Waals surface area contributed by atoms with Crippen molar-refractivity contribution in [2.24, 2.45) is 0 Å². The van der Waals surface area contributed by atoms with E-state index in [4.69, 9.17) is 31.1 Å². The normalized spacial score (nSPS) is 30.2. The quantitative estimate of drug-likeness (QED) is 0.359. The molecule has 159 valence electrons. The van der Waals surface area contributed by atoms with Crippen LogP contribution < -0.4 is 5.73 Å². The molecule has 1 aromatic carbocycles. The predicted molar refractivity (Wildman–Crippen MR) is 112 cm³/mol. The molecule has 2 aromatic heterocycles. The van der Waals surface area contributed by atoms with Crippen molar-refractivity contribution in [2.45, 2.75) is 34.6 Å². The molecule has 0 saturated carbocycles. The van der Waals surface area contributed by atoms with Gasteiger partial charge in [-0.3, -0.25) is 13.6 Å². The van der Waals surface area contributed by atoms with Crippen molar-refractivity contribution < 1.29 is 28.3 Å². The number of ether oxygens (including phenoxy) is 1. The van der Waals surface area contributed by atoms with Crippen molar-refractivity contribution in [3.8, 4) is 0 Å². The monoisotopic (exact) mass is 494 g/mol. The molecule has 2 saturated heterocycles. The van der Waals surface area contributed by atoms with Gasteiger partial charge in [0, 0.05) is 39.5 Å². The maximum absolute atomic E-state index is 11.8. The third-order valence-electron chi connectivity index (χ3n) is 4.72. The Morgan fingerprint density at radius 1 is 1.29 bits per heavy atom. The van der Waals surface area contributed by atoms with Crippen molar-refractivity contribution in [1.82, 2.24) is 19.5 Å². The van der Waals surface area contributed by atoms with Crippen LogP contribution in [0.2, 0.25) is 5.02 Å². The number of halogens is 1.